The van der Waals surface area contributed by atoms with Crippen molar-refractivity contribution in [1.82, 2.24) is 15.0 Å². The Morgan fingerprint density at radius 3 is 1.69 bits per heavy atom. The van der Waals surface area contributed by atoms with Gasteiger partial charge in [0.15, 0.2) is 5.82 Å². The maximum Gasteiger partial charge on any atom is 0.348 e. The molecule has 3 rings (SSSR count). The third-order valence-corrected chi connectivity index (χ3v) is 3.55. The van der Waals surface area contributed by atoms with Crippen LogP contribution in [0, 0.1) is 18.8 Å². The van der Waals surface area contributed by atoms with E-state index in [0.29, 0.717) is 11.6 Å². The molecule has 0 spiro atoms. The quantitative estimate of drug-likeness (QED) is 0.684. The molecule has 4 nitrogen and oxygen atoms in total. The average molecular weight is 356 g/mol. The lowest BCUT2D eigenvalue weighted by molar-refractivity contribution is 0.504. The lowest BCUT2D eigenvalue weighted by Gasteiger charge is -2.05. The van der Waals surface area contributed by atoms with Crippen molar-refractivity contribution < 1.29 is 0 Å². The van der Waals surface area contributed by atoms with E-state index in [4.69, 9.17) is 0 Å². The first kappa shape index (κ1) is 23.6. The number of H-pyrrole nitrogens is 1. The van der Waals surface area contributed by atoms with Crippen LogP contribution in [0.25, 0.3) is 11.4 Å². The number of hydrogen-bond acceptors (Lipinski definition) is 3. The number of benzene rings is 1. The Morgan fingerprint density at radius 2 is 1.31 bits per heavy atom. The molecule has 1 saturated carbocycles. The summed E-state index contributed by atoms with van der Waals surface area (Å²) < 4.78 is 0. The molecule has 1 aliphatic rings. The number of nitrogens with one attached hydrogen (secondary N) is 1. The average Bonchev–Trinajstić information content (AvgIpc) is 2.71. The van der Waals surface area contributed by atoms with E-state index >= 15 is 0 Å². The molecule has 0 atom stereocenters. The van der Waals surface area contributed by atoms with Crippen LogP contribution < -0.4 is 5.69 Å². The van der Waals surface area contributed by atoms with Crippen LogP contribution in [0.2, 0.25) is 0 Å². The summed E-state index contributed by atoms with van der Waals surface area (Å²) in [6, 6.07) is 9.41. The minimum Gasteiger partial charge on any atom is -0.294 e. The predicted molar refractivity (Wildman–Crippen MR) is 111 cm³/mol. The van der Waals surface area contributed by atoms with Gasteiger partial charge in [0, 0.05) is 5.56 Å². The molecule has 0 aliphatic heterocycles. The van der Waals surface area contributed by atoms with Crippen molar-refractivity contribution >= 4 is 0 Å². The molecule has 0 bridgehead atoms. The molecular formula is C22H33N3O. The minimum atomic E-state index is -0.364. The highest BCUT2D eigenvalue weighted by atomic mass is 16.1. The zero-order valence-electron chi connectivity index (χ0n) is 16.9. The molecule has 1 aliphatic carbocycles. The monoisotopic (exact) mass is 355 g/mol. The summed E-state index contributed by atoms with van der Waals surface area (Å²) in [5, 5.41) is 0. The molecule has 0 unspecified atom stereocenters. The van der Waals surface area contributed by atoms with E-state index in [2.05, 4.69) is 26.8 Å². The summed E-state index contributed by atoms with van der Waals surface area (Å²) in [4.78, 5) is 21.5. The Hall–Kier alpha value is -2.41. The van der Waals surface area contributed by atoms with Crippen LogP contribution in [-0.4, -0.2) is 15.0 Å². The molecule has 0 saturated heterocycles. The van der Waals surface area contributed by atoms with Gasteiger partial charge in [-0.05, 0) is 20.8 Å². The summed E-state index contributed by atoms with van der Waals surface area (Å²) >= 11 is 0. The fraction of sp³-hybridized carbons (Fsp3) is 0.500. The van der Waals surface area contributed by atoms with Crippen LogP contribution in [-0.2, 0) is 0 Å². The van der Waals surface area contributed by atoms with Gasteiger partial charge in [-0.3, -0.25) is 4.98 Å². The zero-order chi connectivity index (χ0) is 19.6. The summed E-state index contributed by atoms with van der Waals surface area (Å²) in [5.74, 6) is 6.40. The molecule has 4 heteroatoms. The first-order chi connectivity index (χ1) is 12.7. The smallest absolute Gasteiger partial charge is 0.294 e. The van der Waals surface area contributed by atoms with Crippen LogP contribution in [0.1, 0.15) is 72.0 Å². The van der Waals surface area contributed by atoms with Gasteiger partial charge in [-0.2, -0.15) is 4.98 Å². The lowest BCUT2D eigenvalue weighted by atomic mass is 10.0. The molecule has 26 heavy (non-hydrogen) atoms. The van der Waals surface area contributed by atoms with Crippen molar-refractivity contribution in [3.05, 3.63) is 46.6 Å². The molecule has 0 radical (unpaired) electrons. The van der Waals surface area contributed by atoms with E-state index < -0.39 is 0 Å². The van der Waals surface area contributed by atoms with Crippen molar-refractivity contribution in [3.8, 4) is 23.2 Å². The van der Waals surface area contributed by atoms with Crippen LogP contribution in [0.5, 0.6) is 0 Å². The van der Waals surface area contributed by atoms with Gasteiger partial charge >= 0.3 is 5.69 Å². The Kier molecular flexibility index (Phi) is 14.6. The van der Waals surface area contributed by atoms with Gasteiger partial charge in [0.1, 0.15) is 5.82 Å². The van der Waals surface area contributed by atoms with Crippen LogP contribution in [0.15, 0.2) is 35.1 Å². The second-order valence-electron chi connectivity index (χ2n) is 5.55. The molecule has 2 aromatic rings. The van der Waals surface area contributed by atoms with Crippen LogP contribution in [0.3, 0.4) is 0 Å². The summed E-state index contributed by atoms with van der Waals surface area (Å²) in [7, 11) is 0. The minimum absolute atomic E-state index is 0.364. The number of nitrogens with zero attached hydrogens (tertiary/aromatic N) is 2. The second-order valence-corrected chi connectivity index (χ2v) is 5.55. The fourth-order valence-electron chi connectivity index (χ4n) is 2.27. The van der Waals surface area contributed by atoms with Gasteiger partial charge in [0.2, 0.25) is 0 Å². The van der Waals surface area contributed by atoms with Crippen molar-refractivity contribution in [2.45, 2.75) is 73.1 Å². The topological polar surface area (TPSA) is 58.6 Å². The number of rotatable bonds is 1. The summed E-state index contributed by atoms with van der Waals surface area (Å²) in [6.45, 7) is 9.37. The standard InChI is InChI=1S/C10H9N3O.C6H12.C4H6.C2H6/c1-7-11-9(13-10(14)12-7)8-5-3-2-4-6-8;1-2-4-6-5-3-1;1-3-4-2;1-2/h2-6H,1H3,(H,11,12,13,14);1-6H2;1-2H3;1-2H3. The van der Waals surface area contributed by atoms with Gasteiger partial charge < -0.3 is 0 Å². The van der Waals surface area contributed by atoms with Gasteiger partial charge in [-0.1, -0.05) is 82.7 Å². The number of aryl methyl sites for hydroxylation is 1. The number of hydrogen-bond donors (Lipinski definition) is 1. The van der Waals surface area contributed by atoms with Crippen molar-refractivity contribution in [2.24, 2.45) is 0 Å². The number of aromatic amines is 1. The van der Waals surface area contributed by atoms with E-state index in [-0.39, 0.29) is 5.69 Å². The summed E-state index contributed by atoms with van der Waals surface area (Å²) in [5.41, 5.74) is 0.484. The van der Waals surface area contributed by atoms with Crippen LogP contribution in [0.4, 0.5) is 0 Å². The maximum atomic E-state index is 11.1. The molecule has 1 fully saturated rings. The predicted octanol–water partition coefficient (Wildman–Crippen LogP) is 5.54. The van der Waals surface area contributed by atoms with E-state index in [9.17, 15) is 4.79 Å². The molecule has 1 aromatic carbocycles. The first-order valence-corrected chi connectivity index (χ1v) is 9.51. The Balaban J connectivity index is 0.000000432. The van der Waals surface area contributed by atoms with E-state index in [0.717, 1.165) is 5.56 Å². The van der Waals surface area contributed by atoms with Crippen molar-refractivity contribution in [3.63, 3.8) is 0 Å². The highest BCUT2D eigenvalue weighted by molar-refractivity contribution is 5.53. The lowest BCUT2D eigenvalue weighted by Crippen LogP contribution is -2.14. The third kappa shape index (κ3) is 11.2. The number of aromatic nitrogens is 3. The van der Waals surface area contributed by atoms with Crippen molar-refractivity contribution in [1.29, 1.82) is 0 Å². The largest absolute Gasteiger partial charge is 0.348 e. The van der Waals surface area contributed by atoms with E-state index in [1.807, 2.05) is 58.0 Å². The van der Waals surface area contributed by atoms with Gasteiger partial charge in [0.25, 0.3) is 0 Å². The van der Waals surface area contributed by atoms with E-state index in [1.54, 1.807) is 6.92 Å². The Morgan fingerprint density at radius 1 is 0.846 bits per heavy atom. The third-order valence-electron chi connectivity index (χ3n) is 3.55. The van der Waals surface area contributed by atoms with Gasteiger partial charge in [-0.15, -0.1) is 11.8 Å². The SMILES string of the molecule is C1CCCCC1.CC.CC#CC.Cc1nc(-c2ccccc2)nc(=O)[nH]1. The first-order valence-electron chi connectivity index (χ1n) is 9.51. The Labute approximate surface area is 158 Å². The molecule has 142 valence electrons. The normalized spacial score (nSPS) is 11.7. The van der Waals surface area contributed by atoms with Crippen molar-refractivity contribution in [2.75, 3.05) is 0 Å². The molecule has 1 N–H and O–H groups in total. The molecule has 1 aromatic heterocycles. The molecule has 0 amide bonds. The maximum absolute atomic E-state index is 11.1. The molecule has 1 heterocycles. The highest BCUT2D eigenvalue weighted by Crippen LogP contribution is 2.15. The van der Waals surface area contributed by atoms with E-state index in [1.165, 1.54) is 38.5 Å². The summed E-state index contributed by atoms with van der Waals surface area (Å²) in [6.07, 6.45) is 9.00. The van der Waals surface area contributed by atoms with Gasteiger partial charge in [0.05, 0.1) is 0 Å². The fourth-order valence-corrected chi connectivity index (χ4v) is 2.27. The molecular weight excluding hydrogens is 322 g/mol. The van der Waals surface area contributed by atoms with Crippen LogP contribution >= 0.6 is 0 Å². The second kappa shape index (κ2) is 16.1. The Bertz CT molecular complexity index is 675. The van der Waals surface area contributed by atoms with Gasteiger partial charge in [-0.25, -0.2) is 9.78 Å². The zero-order valence-corrected chi connectivity index (χ0v) is 16.9. The highest BCUT2D eigenvalue weighted by Gasteiger charge is 2.01.